The summed E-state index contributed by atoms with van der Waals surface area (Å²) in [5, 5.41) is 3.54. The number of nitrogens with zero attached hydrogens (tertiary/aromatic N) is 1. The van der Waals surface area contributed by atoms with E-state index in [0.29, 0.717) is 41.5 Å². The predicted molar refractivity (Wildman–Crippen MR) is 127 cm³/mol. The minimum absolute atomic E-state index is 0.190. The lowest BCUT2D eigenvalue weighted by molar-refractivity contribution is 0.0998. The summed E-state index contributed by atoms with van der Waals surface area (Å²) in [5.41, 5.74) is 3.92. The van der Waals surface area contributed by atoms with E-state index in [0.717, 1.165) is 23.2 Å². The third kappa shape index (κ3) is 4.19. The largest absolute Gasteiger partial charge is 0.451 e. The third-order valence-electron chi connectivity index (χ3n) is 6.22. The van der Waals surface area contributed by atoms with Crippen molar-refractivity contribution in [1.82, 2.24) is 4.31 Å². The maximum Gasteiger partial charge on any atom is 0.291 e. The molecule has 0 aliphatic carbocycles. The smallest absolute Gasteiger partial charge is 0.291 e. The molecule has 2 aromatic carbocycles. The van der Waals surface area contributed by atoms with E-state index in [1.165, 1.54) is 0 Å². The van der Waals surface area contributed by atoms with Crippen molar-refractivity contribution in [3.63, 3.8) is 0 Å². The lowest BCUT2D eigenvalue weighted by atomic mass is 9.94. The van der Waals surface area contributed by atoms with Gasteiger partial charge in [0.1, 0.15) is 5.58 Å². The van der Waals surface area contributed by atoms with Crippen molar-refractivity contribution in [3.8, 4) is 0 Å². The molecule has 0 saturated carbocycles. The van der Waals surface area contributed by atoms with Crippen LogP contribution >= 0.6 is 0 Å². The summed E-state index contributed by atoms with van der Waals surface area (Å²) in [6.07, 6.45) is 1.03. The van der Waals surface area contributed by atoms with Crippen LogP contribution in [-0.2, 0) is 10.0 Å². The number of hydrogen-bond donors (Lipinski definition) is 1. The van der Waals surface area contributed by atoms with Crippen LogP contribution in [0.15, 0.2) is 45.7 Å². The summed E-state index contributed by atoms with van der Waals surface area (Å²) in [5.74, 6) is 0.491. The first-order valence-corrected chi connectivity index (χ1v) is 12.4. The van der Waals surface area contributed by atoms with Gasteiger partial charge in [0.2, 0.25) is 10.0 Å². The third-order valence-corrected chi connectivity index (χ3v) is 8.04. The molecule has 3 aromatic rings. The maximum absolute atomic E-state index is 13.3. The number of furan rings is 1. The zero-order valence-electron chi connectivity index (χ0n) is 19.2. The number of hydrogen-bond acceptors (Lipinski definition) is 4. The van der Waals surface area contributed by atoms with Crippen molar-refractivity contribution >= 4 is 32.6 Å². The average Bonchev–Trinajstić information content (AvgIpc) is 3.05. The van der Waals surface area contributed by atoms with Gasteiger partial charge in [0.15, 0.2) is 5.76 Å². The van der Waals surface area contributed by atoms with E-state index in [2.05, 4.69) is 19.2 Å². The molecule has 2 atom stereocenters. The van der Waals surface area contributed by atoms with Gasteiger partial charge in [0.25, 0.3) is 5.91 Å². The lowest BCUT2D eigenvalue weighted by Gasteiger charge is -2.34. The van der Waals surface area contributed by atoms with Crippen molar-refractivity contribution in [3.05, 3.63) is 58.8 Å². The minimum atomic E-state index is -3.61. The molecule has 1 N–H and O–H groups in total. The number of aryl methyl sites for hydroxylation is 3. The summed E-state index contributed by atoms with van der Waals surface area (Å²) in [7, 11) is -3.61. The van der Waals surface area contributed by atoms with Crippen LogP contribution in [0.5, 0.6) is 0 Å². The lowest BCUT2D eigenvalue weighted by Crippen LogP contribution is -2.42. The Hall–Kier alpha value is -2.64. The first-order valence-electron chi connectivity index (χ1n) is 11.0. The number of anilines is 1. The van der Waals surface area contributed by atoms with Gasteiger partial charge in [0.05, 0.1) is 4.90 Å². The van der Waals surface area contributed by atoms with Crippen LogP contribution in [0.2, 0.25) is 0 Å². The molecule has 0 bridgehead atoms. The van der Waals surface area contributed by atoms with Crippen LogP contribution < -0.4 is 5.32 Å². The highest BCUT2D eigenvalue weighted by atomic mass is 32.2. The second-order valence-corrected chi connectivity index (χ2v) is 11.2. The van der Waals surface area contributed by atoms with Gasteiger partial charge in [0, 0.05) is 29.7 Å². The van der Waals surface area contributed by atoms with Crippen LogP contribution in [0.25, 0.3) is 11.0 Å². The Bertz CT molecular complexity index is 1280. The van der Waals surface area contributed by atoms with Gasteiger partial charge in [-0.3, -0.25) is 4.79 Å². The monoisotopic (exact) mass is 454 g/mol. The fourth-order valence-corrected chi connectivity index (χ4v) is 6.37. The highest BCUT2D eigenvalue weighted by Gasteiger charge is 2.32. The molecule has 32 heavy (non-hydrogen) atoms. The SMILES string of the molecule is Cc1ccc(NC(=O)c2oc3ccc(S(=O)(=O)N4CC(C)CC(C)C4)cc3c2C)c(C)c1. The highest BCUT2D eigenvalue weighted by molar-refractivity contribution is 7.89. The normalized spacial score (nSPS) is 19.9. The molecule has 1 aliphatic rings. The van der Waals surface area contributed by atoms with Gasteiger partial charge in [-0.25, -0.2) is 8.42 Å². The van der Waals surface area contributed by atoms with Gasteiger partial charge in [-0.05, 0) is 68.9 Å². The Morgan fingerprint density at radius 2 is 1.72 bits per heavy atom. The molecule has 6 nitrogen and oxygen atoms in total. The maximum atomic E-state index is 13.3. The van der Waals surface area contributed by atoms with Crippen molar-refractivity contribution in [2.75, 3.05) is 18.4 Å². The molecule has 2 heterocycles. The number of benzene rings is 2. The summed E-state index contributed by atoms with van der Waals surface area (Å²) < 4.78 is 34.0. The van der Waals surface area contributed by atoms with Crippen molar-refractivity contribution < 1.29 is 17.6 Å². The van der Waals surface area contributed by atoms with Crippen molar-refractivity contribution in [2.45, 2.75) is 45.9 Å². The summed E-state index contributed by atoms with van der Waals surface area (Å²) in [4.78, 5) is 13.1. The van der Waals surface area contributed by atoms with Gasteiger partial charge in [-0.15, -0.1) is 0 Å². The van der Waals surface area contributed by atoms with E-state index < -0.39 is 10.0 Å². The van der Waals surface area contributed by atoms with E-state index in [1.54, 1.807) is 29.4 Å². The minimum Gasteiger partial charge on any atom is -0.451 e. The van der Waals surface area contributed by atoms with Gasteiger partial charge in [-0.2, -0.15) is 4.31 Å². The molecule has 2 unspecified atom stereocenters. The van der Waals surface area contributed by atoms with Crippen LogP contribution in [0.3, 0.4) is 0 Å². The molecule has 170 valence electrons. The quantitative estimate of drug-likeness (QED) is 0.582. The highest BCUT2D eigenvalue weighted by Crippen LogP contribution is 2.32. The Morgan fingerprint density at radius 1 is 1.03 bits per heavy atom. The molecule has 1 aromatic heterocycles. The fraction of sp³-hybridized carbons (Fsp3) is 0.400. The standard InChI is InChI=1S/C25H30N2O4S/c1-15-6-8-22(18(4)11-15)26-25(28)24-19(5)21-12-20(7-9-23(21)31-24)32(29,30)27-13-16(2)10-17(3)14-27/h6-9,11-12,16-17H,10,13-14H2,1-5H3,(H,26,28). The van der Waals surface area contributed by atoms with Gasteiger partial charge < -0.3 is 9.73 Å². The molecule has 0 radical (unpaired) electrons. The zero-order valence-corrected chi connectivity index (χ0v) is 20.0. The van der Waals surface area contributed by atoms with E-state index in [1.807, 2.05) is 32.0 Å². The summed E-state index contributed by atoms with van der Waals surface area (Å²) >= 11 is 0. The number of carbonyl (C=O) groups excluding carboxylic acids is 1. The fourth-order valence-electron chi connectivity index (χ4n) is 4.66. The van der Waals surface area contributed by atoms with Crippen LogP contribution in [0.4, 0.5) is 5.69 Å². The van der Waals surface area contributed by atoms with Crippen LogP contribution in [0.1, 0.15) is 47.5 Å². The molecule has 1 saturated heterocycles. The van der Waals surface area contributed by atoms with Crippen molar-refractivity contribution in [1.29, 1.82) is 0 Å². The molecule has 1 amide bonds. The number of nitrogens with one attached hydrogen (secondary N) is 1. The second kappa shape index (κ2) is 8.37. The number of sulfonamides is 1. The van der Waals surface area contributed by atoms with Gasteiger partial charge >= 0.3 is 0 Å². The second-order valence-electron chi connectivity index (χ2n) is 9.25. The van der Waals surface area contributed by atoms with Gasteiger partial charge in [-0.1, -0.05) is 31.5 Å². The number of amides is 1. The van der Waals surface area contributed by atoms with Crippen LogP contribution in [-0.4, -0.2) is 31.7 Å². The first-order chi connectivity index (χ1) is 15.1. The number of piperidine rings is 1. The van der Waals surface area contributed by atoms with E-state index >= 15 is 0 Å². The number of carbonyl (C=O) groups is 1. The van der Waals surface area contributed by atoms with E-state index in [4.69, 9.17) is 4.42 Å². The molecular formula is C25H30N2O4S. The molecule has 1 aliphatic heterocycles. The Kier molecular flexibility index (Phi) is 5.90. The molecule has 4 rings (SSSR count). The average molecular weight is 455 g/mol. The summed E-state index contributed by atoms with van der Waals surface area (Å²) in [6, 6.07) is 10.6. The van der Waals surface area contributed by atoms with Crippen LogP contribution in [0, 0.1) is 32.6 Å². The Balaban J connectivity index is 1.66. The Labute approximate surface area is 189 Å². The first kappa shape index (κ1) is 22.6. The van der Waals surface area contributed by atoms with E-state index in [-0.39, 0.29) is 16.6 Å². The Morgan fingerprint density at radius 3 is 2.38 bits per heavy atom. The van der Waals surface area contributed by atoms with E-state index in [9.17, 15) is 13.2 Å². The number of fused-ring (bicyclic) bond motifs is 1. The molecule has 0 spiro atoms. The molecular weight excluding hydrogens is 424 g/mol. The topological polar surface area (TPSA) is 79.6 Å². The predicted octanol–water partition coefficient (Wildman–Crippen LogP) is 5.28. The van der Waals surface area contributed by atoms with Crippen molar-refractivity contribution in [2.24, 2.45) is 11.8 Å². The zero-order chi connectivity index (χ0) is 23.2. The summed E-state index contributed by atoms with van der Waals surface area (Å²) in [6.45, 7) is 10.9. The molecule has 7 heteroatoms. The molecule has 1 fully saturated rings. The number of rotatable bonds is 4.